The van der Waals surface area contributed by atoms with Gasteiger partial charge in [0.1, 0.15) is 11.6 Å². The average molecular weight is 480 g/mol. The number of aryl methyl sites for hydroxylation is 1. The topological polar surface area (TPSA) is 82.3 Å². The van der Waals surface area contributed by atoms with Crippen LogP contribution in [0.1, 0.15) is 58.4 Å². The number of hydrogen-bond acceptors (Lipinski definition) is 4. The van der Waals surface area contributed by atoms with E-state index in [2.05, 4.69) is 14.6 Å². The molecule has 1 unspecified atom stereocenters. The van der Waals surface area contributed by atoms with Gasteiger partial charge in [0, 0.05) is 42.5 Å². The molecule has 8 heteroatoms. The summed E-state index contributed by atoms with van der Waals surface area (Å²) in [5, 5.41) is 0.897. The molecule has 2 aromatic rings. The summed E-state index contributed by atoms with van der Waals surface area (Å²) in [6.07, 6.45) is 7.73. The third kappa shape index (κ3) is 7.90. The molecular weight excluding hydrogens is 441 g/mol. The maximum absolute atomic E-state index is 13.5. The zero-order chi connectivity index (χ0) is 24.2. The number of aromatic amines is 1. The van der Waals surface area contributed by atoms with Gasteiger partial charge in [0.05, 0.1) is 6.26 Å². The second-order valence-electron chi connectivity index (χ2n) is 10.7. The molecule has 0 aliphatic carbocycles. The highest BCUT2D eigenvalue weighted by Crippen LogP contribution is 2.26. The lowest BCUT2D eigenvalue weighted by Gasteiger charge is -2.38. The van der Waals surface area contributed by atoms with E-state index in [9.17, 15) is 17.6 Å². The lowest BCUT2D eigenvalue weighted by Crippen LogP contribution is -2.51. The fourth-order valence-electron chi connectivity index (χ4n) is 4.64. The van der Waals surface area contributed by atoms with Crippen LogP contribution in [0.2, 0.25) is 0 Å². The lowest BCUT2D eigenvalue weighted by atomic mass is 9.85. The Balaban J connectivity index is 1.41. The van der Waals surface area contributed by atoms with Gasteiger partial charge >= 0.3 is 0 Å². The minimum atomic E-state index is -3.27. The van der Waals surface area contributed by atoms with Crippen LogP contribution >= 0.6 is 0 Å². The molecule has 1 aliphatic heterocycles. The Kier molecular flexibility index (Phi) is 8.35. The van der Waals surface area contributed by atoms with Crippen molar-refractivity contribution in [2.24, 2.45) is 11.3 Å². The first-order valence-corrected chi connectivity index (χ1v) is 13.8. The van der Waals surface area contributed by atoms with Gasteiger partial charge in [-0.25, -0.2) is 17.5 Å². The van der Waals surface area contributed by atoms with E-state index in [-0.39, 0.29) is 17.3 Å². The molecule has 2 heterocycles. The van der Waals surface area contributed by atoms with Gasteiger partial charge in [0.15, 0.2) is 0 Å². The molecule has 6 nitrogen and oxygen atoms in total. The molecule has 0 bridgehead atoms. The molecule has 2 N–H and O–H groups in total. The number of benzene rings is 1. The number of carbonyl (C=O) groups excluding carboxylic acids is 1. The van der Waals surface area contributed by atoms with E-state index in [1.807, 2.05) is 27.0 Å². The number of halogens is 1. The average Bonchev–Trinajstić information content (AvgIpc) is 3.09. The van der Waals surface area contributed by atoms with Gasteiger partial charge in [-0.1, -0.05) is 20.8 Å². The third-order valence-electron chi connectivity index (χ3n) is 6.70. The molecule has 1 aromatic heterocycles. The number of rotatable bonds is 10. The molecule has 184 valence electrons. The molecule has 0 radical (unpaired) electrons. The summed E-state index contributed by atoms with van der Waals surface area (Å²) >= 11 is 0. The highest BCUT2D eigenvalue weighted by Gasteiger charge is 2.31. The van der Waals surface area contributed by atoms with E-state index in [0.29, 0.717) is 31.1 Å². The van der Waals surface area contributed by atoms with Crippen LogP contribution in [-0.2, 0) is 21.2 Å². The summed E-state index contributed by atoms with van der Waals surface area (Å²) in [6.45, 7) is 8.60. The number of Topliss-reactive ketones (excluding diaryl/α,β-unsaturated/α-hetero) is 1. The number of fused-ring (bicyclic) bond motifs is 1. The number of carbonyl (C=O) groups is 1. The van der Waals surface area contributed by atoms with Crippen LogP contribution in [0.25, 0.3) is 10.9 Å². The monoisotopic (exact) mass is 479 g/mol. The molecule has 0 saturated carbocycles. The highest BCUT2D eigenvalue weighted by atomic mass is 32.2. The molecule has 1 aromatic carbocycles. The van der Waals surface area contributed by atoms with Crippen molar-refractivity contribution >= 4 is 26.7 Å². The Morgan fingerprint density at radius 3 is 2.61 bits per heavy atom. The molecule has 1 aliphatic rings. The fraction of sp³-hybridized carbons (Fsp3) is 0.640. The Labute approximate surface area is 197 Å². The predicted molar refractivity (Wildman–Crippen MR) is 131 cm³/mol. The lowest BCUT2D eigenvalue weighted by molar-refractivity contribution is -0.120. The Hall–Kier alpha value is -1.77. The molecular formula is C25H38FN3O3S. The number of likely N-dealkylation sites (tertiary alicyclic amines) is 1. The number of ketones is 1. The second kappa shape index (κ2) is 10.7. The van der Waals surface area contributed by atoms with Crippen molar-refractivity contribution in [2.45, 2.75) is 65.3 Å². The number of H-pyrrole nitrogens is 1. The quantitative estimate of drug-likeness (QED) is 0.533. The first-order valence-electron chi connectivity index (χ1n) is 11.9. The number of aromatic nitrogens is 1. The Bertz CT molecular complexity index is 1050. The van der Waals surface area contributed by atoms with Gasteiger partial charge in [0.2, 0.25) is 10.0 Å². The third-order valence-corrected chi connectivity index (χ3v) is 7.41. The Morgan fingerprint density at radius 1 is 1.27 bits per heavy atom. The second-order valence-corrected chi connectivity index (χ2v) is 12.4. The molecule has 0 amide bonds. The normalized spacial score (nSPS) is 17.5. The largest absolute Gasteiger partial charge is 0.361 e. The maximum Gasteiger partial charge on any atom is 0.209 e. The van der Waals surface area contributed by atoms with Crippen LogP contribution in [-0.4, -0.2) is 56.0 Å². The summed E-state index contributed by atoms with van der Waals surface area (Å²) in [5.74, 6) is 0.448. The van der Waals surface area contributed by atoms with Crippen molar-refractivity contribution in [2.75, 3.05) is 25.9 Å². The summed E-state index contributed by atoms with van der Waals surface area (Å²) in [5.41, 5.74) is 1.80. The van der Waals surface area contributed by atoms with E-state index in [1.165, 1.54) is 12.3 Å². The fourth-order valence-corrected chi connectivity index (χ4v) is 5.58. The van der Waals surface area contributed by atoms with Gasteiger partial charge in [-0.2, -0.15) is 0 Å². The first-order chi connectivity index (χ1) is 15.4. The van der Waals surface area contributed by atoms with Gasteiger partial charge in [-0.05, 0) is 73.9 Å². The van der Waals surface area contributed by atoms with Crippen molar-refractivity contribution in [3.63, 3.8) is 0 Å². The summed E-state index contributed by atoms with van der Waals surface area (Å²) in [4.78, 5) is 18.0. The minimum Gasteiger partial charge on any atom is -0.361 e. The number of sulfonamides is 1. The number of piperidine rings is 1. The number of nitrogens with zero attached hydrogens (tertiary/aromatic N) is 1. The first kappa shape index (κ1) is 25.8. The van der Waals surface area contributed by atoms with Crippen molar-refractivity contribution in [3.8, 4) is 0 Å². The van der Waals surface area contributed by atoms with Crippen LogP contribution in [0.15, 0.2) is 24.4 Å². The van der Waals surface area contributed by atoms with E-state index >= 15 is 0 Å². The van der Waals surface area contributed by atoms with E-state index < -0.39 is 10.0 Å². The smallest absolute Gasteiger partial charge is 0.209 e. The molecule has 1 fully saturated rings. The van der Waals surface area contributed by atoms with E-state index in [4.69, 9.17) is 0 Å². The standard InChI is InChI=1S/C25H38FN3O3S/c1-25(2,3)24(28-33(4,31)32)17-29-12-10-18(11-13-29)14-21(30)7-5-6-19-16-27-23-9-8-20(26)15-22(19)23/h8-9,15-16,18,24,27-28H,5-7,10-14,17H2,1-4H3. The van der Waals surface area contributed by atoms with Crippen molar-refractivity contribution < 1.29 is 17.6 Å². The van der Waals surface area contributed by atoms with E-state index in [0.717, 1.165) is 55.2 Å². The maximum atomic E-state index is 13.5. The summed E-state index contributed by atoms with van der Waals surface area (Å²) in [6, 6.07) is 4.59. The van der Waals surface area contributed by atoms with Crippen LogP contribution in [0.4, 0.5) is 4.39 Å². The van der Waals surface area contributed by atoms with Gasteiger partial charge < -0.3 is 9.88 Å². The highest BCUT2D eigenvalue weighted by molar-refractivity contribution is 7.88. The van der Waals surface area contributed by atoms with Crippen LogP contribution in [0.3, 0.4) is 0 Å². The van der Waals surface area contributed by atoms with E-state index in [1.54, 1.807) is 12.1 Å². The van der Waals surface area contributed by atoms with Crippen LogP contribution in [0.5, 0.6) is 0 Å². The van der Waals surface area contributed by atoms with Crippen LogP contribution in [0, 0.1) is 17.2 Å². The van der Waals surface area contributed by atoms with Gasteiger partial charge in [-0.15, -0.1) is 0 Å². The SMILES string of the molecule is CC(C)(C)C(CN1CCC(CC(=O)CCCc2c[nH]c3ccc(F)cc23)CC1)NS(C)(=O)=O. The molecule has 33 heavy (non-hydrogen) atoms. The molecule has 3 rings (SSSR count). The molecule has 0 spiro atoms. The summed E-state index contributed by atoms with van der Waals surface area (Å²) in [7, 11) is -3.27. The van der Waals surface area contributed by atoms with Crippen molar-refractivity contribution in [1.82, 2.24) is 14.6 Å². The molecule has 1 saturated heterocycles. The number of nitrogens with one attached hydrogen (secondary N) is 2. The minimum absolute atomic E-state index is 0.149. The molecule has 1 atom stereocenters. The van der Waals surface area contributed by atoms with Crippen molar-refractivity contribution in [3.05, 3.63) is 35.8 Å². The van der Waals surface area contributed by atoms with Crippen LogP contribution < -0.4 is 4.72 Å². The van der Waals surface area contributed by atoms with Gasteiger partial charge in [-0.3, -0.25) is 4.79 Å². The van der Waals surface area contributed by atoms with Crippen molar-refractivity contribution in [1.29, 1.82) is 0 Å². The predicted octanol–water partition coefficient (Wildman–Crippen LogP) is 4.26. The Morgan fingerprint density at radius 2 is 1.97 bits per heavy atom. The number of hydrogen-bond donors (Lipinski definition) is 2. The zero-order valence-corrected chi connectivity index (χ0v) is 21.1. The summed E-state index contributed by atoms with van der Waals surface area (Å²) < 4.78 is 39.8. The van der Waals surface area contributed by atoms with Gasteiger partial charge in [0.25, 0.3) is 0 Å². The zero-order valence-electron chi connectivity index (χ0n) is 20.3.